The monoisotopic (exact) mass is 180 g/mol. The van der Waals surface area contributed by atoms with Gasteiger partial charge in [-0.05, 0) is 0 Å². The maximum atomic E-state index is 10.2. The summed E-state index contributed by atoms with van der Waals surface area (Å²) in [6, 6.07) is -1.19. The van der Waals surface area contributed by atoms with Gasteiger partial charge in [0.05, 0.1) is 0 Å². The Morgan fingerprint density at radius 1 is 1.45 bits per heavy atom. The number of carbonyl (C=O) groups excluding carboxylic acids is 1. The maximum Gasteiger partial charge on any atom is 0.356 e. The molecule has 0 aromatic carbocycles. The number of carboxylic acid groups (broad SMARTS) is 1. The molecule has 0 aromatic heterocycles. The van der Waals surface area contributed by atoms with E-state index in [-0.39, 0.29) is 0 Å². The van der Waals surface area contributed by atoms with Crippen LogP contribution in [0, 0.1) is 0 Å². The second kappa shape index (κ2) is 4.39. The highest BCUT2D eigenvalue weighted by Crippen LogP contribution is 1.71. The molecule has 0 rings (SSSR count). The Bertz CT molecular complexity index is 283. The van der Waals surface area contributed by atoms with Crippen LogP contribution in [0.5, 0.6) is 0 Å². The molecule has 0 unspecified atom stereocenters. The highest BCUT2D eigenvalue weighted by molar-refractivity contribution is 7.62. The normalized spacial score (nSPS) is 8.36. The quantitative estimate of drug-likeness (QED) is 0.556. The first-order valence-electron chi connectivity index (χ1n) is 2.33. The van der Waals surface area contributed by atoms with Crippen molar-refractivity contribution in [2.24, 2.45) is 4.36 Å². The Balaban J connectivity index is 3.91. The lowest BCUT2D eigenvalue weighted by molar-refractivity contribution is -0.135. The van der Waals surface area contributed by atoms with E-state index in [1.807, 2.05) is 0 Å². The molecule has 0 heterocycles. The molecule has 0 aliphatic carbocycles. The second-order valence-electron chi connectivity index (χ2n) is 1.36. The van der Waals surface area contributed by atoms with Crippen molar-refractivity contribution in [1.82, 2.24) is 5.32 Å². The predicted octanol–water partition coefficient (Wildman–Crippen LogP) is -1.16. The molecule has 0 spiro atoms. The Morgan fingerprint density at radius 3 is 2.36 bits per heavy atom. The number of carbonyl (C=O) groups is 2. The summed E-state index contributed by atoms with van der Waals surface area (Å²) in [5.41, 5.74) is 0. The Kier molecular flexibility index (Phi) is 3.81. The zero-order valence-corrected chi connectivity index (χ0v) is 5.96. The minimum absolute atomic E-state index is 0.653. The molecule has 8 heteroatoms. The van der Waals surface area contributed by atoms with Crippen molar-refractivity contribution in [2.45, 2.75) is 0 Å². The maximum absolute atomic E-state index is 10.2. The van der Waals surface area contributed by atoms with Gasteiger partial charge in [0.2, 0.25) is 0 Å². The van der Waals surface area contributed by atoms with Gasteiger partial charge in [0, 0.05) is 0 Å². The minimum Gasteiger partial charge on any atom is -0.480 e. The third-order valence-corrected chi connectivity index (χ3v) is 0.863. The van der Waals surface area contributed by atoms with E-state index in [4.69, 9.17) is 5.11 Å². The molecule has 2 amide bonds. The molecule has 0 atom stereocenters. The van der Waals surface area contributed by atoms with Crippen LogP contribution in [-0.4, -0.2) is 32.1 Å². The lowest BCUT2D eigenvalue weighted by Crippen LogP contribution is -2.26. The molecule has 0 bridgehead atoms. The number of hydrogen-bond donors (Lipinski definition) is 2. The third-order valence-electron chi connectivity index (χ3n) is 0.548. The highest BCUT2D eigenvalue weighted by Gasteiger charge is 2.00. The highest BCUT2D eigenvalue weighted by atomic mass is 32.2. The smallest absolute Gasteiger partial charge is 0.356 e. The number of amides is 2. The van der Waals surface area contributed by atoms with E-state index in [1.165, 1.54) is 0 Å². The summed E-state index contributed by atoms with van der Waals surface area (Å²) in [4.78, 5) is 20.0. The molecular formula is C3H4N2O5S. The van der Waals surface area contributed by atoms with Gasteiger partial charge in [0.25, 0.3) is 0 Å². The molecule has 0 radical (unpaired) electrons. The summed E-state index contributed by atoms with van der Waals surface area (Å²) < 4.78 is 21.8. The molecule has 0 aromatic rings. The first-order chi connectivity index (χ1) is 5.02. The van der Waals surface area contributed by atoms with Crippen molar-refractivity contribution in [2.75, 3.05) is 6.54 Å². The van der Waals surface area contributed by atoms with Crippen molar-refractivity contribution in [3.05, 3.63) is 0 Å². The topological polar surface area (TPSA) is 113 Å². The number of hydrogen-bond acceptors (Lipinski definition) is 4. The van der Waals surface area contributed by atoms with Crippen LogP contribution in [-0.2, 0) is 15.3 Å². The number of carboxylic acids is 1. The SMILES string of the molecule is O=C(O)CNC(=O)N=S(=O)=O. The molecule has 0 aliphatic heterocycles. The average Bonchev–Trinajstić information content (AvgIpc) is 1.82. The van der Waals surface area contributed by atoms with Crippen LogP contribution in [0.25, 0.3) is 0 Å². The summed E-state index contributed by atoms with van der Waals surface area (Å²) in [5, 5.41) is 9.70. The van der Waals surface area contributed by atoms with E-state index in [0.717, 1.165) is 0 Å². The zero-order valence-electron chi connectivity index (χ0n) is 5.14. The first-order valence-corrected chi connectivity index (χ1v) is 3.36. The van der Waals surface area contributed by atoms with Crippen LogP contribution >= 0.6 is 0 Å². The van der Waals surface area contributed by atoms with E-state index in [1.54, 1.807) is 5.32 Å². The van der Waals surface area contributed by atoms with Crippen LogP contribution in [0.3, 0.4) is 0 Å². The number of nitrogens with one attached hydrogen (secondary N) is 1. The van der Waals surface area contributed by atoms with Crippen molar-refractivity contribution < 1.29 is 23.1 Å². The van der Waals surface area contributed by atoms with Gasteiger partial charge in [-0.2, -0.15) is 8.42 Å². The third kappa shape index (κ3) is 6.45. The van der Waals surface area contributed by atoms with Crippen LogP contribution in [0.4, 0.5) is 4.79 Å². The van der Waals surface area contributed by atoms with Crippen molar-refractivity contribution in [3.63, 3.8) is 0 Å². The van der Waals surface area contributed by atoms with E-state index in [2.05, 4.69) is 4.36 Å². The number of nitrogens with zero attached hydrogens (tertiary/aromatic N) is 1. The largest absolute Gasteiger partial charge is 0.480 e. The molecule has 0 saturated carbocycles. The molecule has 0 saturated heterocycles. The summed E-state index contributed by atoms with van der Waals surface area (Å²) in [6.45, 7) is -0.653. The van der Waals surface area contributed by atoms with Gasteiger partial charge in [-0.1, -0.05) is 4.36 Å². The van der Waals surface area contributed by atoms with Crippen LogP contribution in [0.15, 0.2) is 4.36 Å². The standard InChI is InChI=1S/C3H4N2O5S/c6-2(7)1-4-3(8)5-11(9)10/h1H2,(H,4,8)(H,6,7). The van der Waals surface area contributed by atoms with Gasteiger partial charge in [0.15, 0.2) is 0 Å². The summed E-state index contributed by atoms with van der Waals surface area (Å²) in [6.07, 6.45) is 0. The molecule has 0 fully saturated rings. The Morgan fingerprint density at radius 2 is 2.00 bits per heavy atom. The molecule has 11 heavy (non-hydrogen) atoms. The van der Waals surface area contributed by atoms with Crippen LogP contribution in [0.2, 0.25) is 0 Å². The zero-order chi connectivity index (χ0) is 8.85. The second-order valence-corrected chi connectivity index (χ2v) is 1.98. The van der Waals surface area contributed by atoms with Crippen molar-refractivity contribution in [3.8, 4) is 0 Å². The molecule has 0 aliphatic rings. The van der Waals surface area contributed by atoms with Crippen molar-refractivity contribution in [1.29, 1.82) is 0 Å². The summed E-state index contributed by atoms with van der Waals surface area (Å²) in [5.74, 6) is -1.27. The van der Waals surface area contributed by atoms with Gasteiger partial charge in [-0.3, -0.25) is 4.79 Å². The van der Waals surface area contributed by atoms with Crippen LogP contribution in [0.1, 0.15) is 0 Å². The van der Waals surface area contributed by atoms with Gasteiger partial charge >= 0.3 is 22.5 Å². The lowest BCUT2D eigenvalue weighted by Gasteiger charge is -1.91. The average molecular weight is 180 g/mol. The van der Waals surface area contributed by atoms with Gasteiger partial charge < -0.3 is 10.4 Å². The molecule has 7 nitrogen and oxygen atoms in total. The van der Waals surface area contributed by atoms with Crippen LogP contribution < -0.4 is 5.32 Å². The fourth-order valence-electron chi connectivity index (χ4n) is 0.251. The summed E-state index contributed by atoms with van der Waals surface area (Å²) in [7, 11) is -2.84. The molecular weight excluding hydrogens is 176 g/mol. The van der Waals surface area contributed by atoms with Gasteiger partial charge in [0.1, 0.15) is 6.54 Å². The number of rotatable bonds is 2. The minimum atomic E-state index is -2.84. The fourth-order valence-corrected chi connectivity index (χ4v) is 0.451. The number of aliphatic carboxylic acids is 1. The van der Waals surface area contributed by atoms with E-state index >= 15 is 0 Å². The fraction of sp³-hybridized carbons (Fsp3) is 0.333. The Hall–Kier alpha value is -1.44. The van der Waals surface area contributed by atoms with Gasteiger partial charge in [-0.15, -0.1) is 0 Å². The first kappa shape index (κ1) is 9.56. The van der Waals surface area contributed by atoms with Crippen molar-refractivity contribution >= 4 is 22.5 Å². The van der Waals surface area contributed by atoms with E-state index in [9.17, 15) is 18.0 Å². The van der Waals surface area contributed by atoms with E-state index in [0.29, 0.717) is 0 Å². The summed E-state index contributed by atoms with van der Waals surface area (Å²) >= 11 is 0. The number of urea groups is 1. The molecule has 62 valence electrons. The van der Waals surface area contributed by atoms with E-state index < -0.39 is 29.0 Å². The van der Waals surface area contributed by atoms with Gasteiger partial charge in [-0.25, -0.2) is 4.79 Å². The lowest BCUT2D eigenvalue weighted by atomic mass is 10.7. The predicted molar refractivity (Wildman–Crippen MR) is 32.4 cm³/mol. The Labute approximate surface area is 62.7 Å². The molecule has 2 N–H and O–H groups in total.